The molecular weight excluding hydrogens is 2060 g/mol. The van der Waals surface area contributed by atoms with E-state index in [1.54, 1.807) is 58.8 Å². The lowest BCUT2D eigenvalue weighted by molar-refractivity contribution is 0.0578. The molecule has 0 spiro atoms. The van der Waals surface area contributed by atoms with E-state index in [9.17, 15) is 29.7 Å². The van der Waals surface area contributed by atoms with E-state index in [1.807, 2.05) is 162 Å². The quantitative estimate of drug-likeness (QED) is 0.0674. The minimum atomic E-state index is -0.945. The van der Waals surface area contributed by atoms with E-state index < -0.39 is 11.9 Å². The second-order valence-electron chi connectivity index (χ2n) is 38.0. The van der Waals surface area contributed by atoms with Crippen molar-refractivity contribution in [1.29, 1.82) is 0 Å². The molecule has 0 saturated carbocycles. The zero-order valence-electron chi connectivity index (χ0n) is 83.3. The molecule has 5 aliphatic rings. The number of phenolic OH excluding ortho intramolecular Hbond substituents is 1. The standard InChI is InChI=1S/C38H40ClN5O4S2.C38H38ClN5O3S2.C37H36ClN5O3S2.3CH4/c1-23-34-31(43(14-8-16-45)37(23)38(47)48-3)13-12-29(39)35(34)36-30(41-44-15-7-6-11-32(36)44)22-49-20-25-18-26(42(2)40-25)21-50-27-17-24-9-4-5-10-28(24)33(46)19-27;1-23-34-31-13-12-29(39)35(34)36-30(41-44-15-7-6-11-32(36)44)22-48-20-25-18-26(42(2)40-25)21-49-27-17-24-9-4-5-10-28(24)33(19-27)47-16-8-14-43(31)37(23)38(45)46-3;1-22-33-30-12-11-28(38)34(33)35-29(40-43-14-6-5-10-31(35)43)21-47-19-24-17-25(41(2)39-24)20-48-26-16-23-8-3-4-9-27(23)32(18-26)46-15-7-13-42(30)36(22)37(44)45;;;/h4-5,9-10,12-13,17-19,45-46H,6-8,11,14-16,20-22H2,1-3H3;4-5,9-10,12-13,17-19H,6-8,11,14-16,20-22H2,1-3H3;3-4,8-9,11-12,16-18H,5-7,10,13-15,19-21H2,1-2H3,(H,44,45);3*1H4. The van der Waals surface area contributed by atoms with Gasteiger partial charge in [0, 0.05) is 265 Å². The number of aromatic carboxylic acids is 1. The summed E-state index contributed by atoms with van der Waals surface area (Å²) < 4.78 is 41.9. The van der Waals surface area contributed by atoms with Crippen molar-refractivity contribution in [3.63, 3.8) is 0 Å². The van der Waals surface area contributed by atoms with Crippen molar-refractivity contribution in [2.75, 3.05) is 34.0 Å². The number of aliphatic hydroxyl groups excluding tert-OH is 1. The number of hydrogen-bond donors (Lipinski definition) is 3. The number of ether oxygens (including phenoxy) is 4. The van der Waals surface area contributed by atoms with Gasteiger partial charge in [0.25, 0.3) is 0 Å². The van der Waals surface area contributed by atoms with Crippen LogP contribution in [0.4, 0.5) is 0 Å². The summed E-state index contributed by atoms with van der Waals surface area (Å²) in [4.78, 5) is 42.6. The highest BCUT2D eigenvalue weighted by molar-refractivity contribution is 7.99. The molecule has 14 heterocycles. The van der Waals surface area contributed by atoms with Gasteiger partial charge in [-0.1, -0.05) is 130 Å². The van der Waals surface area contributed by atoms with Crippen molar-refractivity contribution in [2.24, 2.45) is 21.1 Å². The van der Waals surface area contributed by atoms with Crippen LogP contribution in [0.5, 0.6) is 17.2 Å². The molecule has 0 unspecified atom stereocenters. The SMILES string of the molecule is C.C.C.COC(=O)c1c(C)c2c(-c3c(CSCc4cc(CSc5cc(O)c6ccccc6c5)n(C)n4)nn4c3CCCC4)c(Cl)ccc2n1CCCO.COC(=O)c1c(C)c2c3c(Cl)ccc2n1CCCOc1cc(cc2ccccc12)SCc1cc(nn1C)CSCc1nn2c(c1-3)CCCC2.Cc1c(C(=O)O)n2c3ccc(Cl)c(c13)-c1c(nn3c1CCCC3)CSCc1cc(n(C)n1)CSc1cc(c3ccccc3c1)OCCC2. The number of carbonyl (C=O) groups excluding carboxylic acids is 2. The van der Waals surface area contributed by atoms with Crippen LogP contribution in [0.15, 0.2) is 178 Å². The number of carbonyl (C=O) groups is 3. The van der Waals surface area contributed by atoms with Gasteiger partial charge in [0.15, 0.2) is 0 Å². The first kappa shape index (κ1) is 108. The number of nitrogens with zero attached hydrogens (tertiary/aromatic N) is 15. The molecular formula is C116H126Cl3N15O10S6. The topological polar surface area (TPSA) is 271 Å². The molecule has 16 bridgehead atoms. The van der Waals surface area contributed by atoms with Crippen molar-refractivity contribution >= 4 is 188 Å². The first-order chi connectivity index (χ1) is 71.6. The number of halogens is 3. The second kappa shape index (κ2) is 47.3. The molecule has 782 valence electrons. The first-order valence-corrected chi connectivity index (χ1v) is 57.5. The fourth-order valence-electron chi connectivity index (χ4n) is 21.9. The van der Waals surface area contributed by atoms with Gasteiger partial charge in [0.1, 0.15) is 34.3 Å². The third kappa shape index (κ3) is 21.6. The van der Waals surface area contributed by atoms with E-state index in [0.29, 0.717) is 102 Å². The van der Waals surface area contributed by atoms with Gasteiger partial charge in [-0.3, -0.25) is 28.1 Å². The summed E-state index contributed by atoms with van der Waals surface area (Å²) in [7, 11) is 8.86. The van der Waals surface area contributed by atoms with Crippen molar-refractivity contribution in [3.05, 3.63) is 281 Å². The molecule has 3 N–H and O–H groups in total. The number of phenols is 1. The van der Waals surface area contributed by atoms with E-state index in [-0.39, 0.29) is 34.9 Å². The normalized spacial score (nSPS) is 14.3. The zero-order valence-corrected chi connectivity index (χ0v) is 90.5. The van der Waals surface area contributed by atoms with Gasteiger partial charge in [0.2, 0.25) is 0 Å². The molecule has 23 rings (SSSR count). The fraction of sp³-hybridized carbons (Fsp3) is 0.353. The summed E-state index contributed by atoms with van der Waals surface area (Å²) in [6, 6.07) is 55.5. The Kier molecular flexibility index (Phi) is 34.1. The van der Waals surface area contributed by atoms with E-state index in [2.05, 4.69) is 97.5 Å². The van der Waals surface area contributed by atoms with E-state index in [1.165, 1.54) is 42.7 Å². The number of carboxylic acid groups (broad SMARTS) is 1. The van der Waals surface area contributed by atoms with Crippen molar-refractivity contribution in [2.45, 2.75) is 226 Å². The molecule has 0 saturated heterocycles. The average Bonchev–Trinajstić information content (AvgIpc) is 1.58. The molecule has 0 aliphatic carbocycles. The smallest absolute Gasteiger partial charge is 0.354 e. The lowest BCUT2D eigenvalue weighted by Crippen LogP contribution is -2.13. The second-order valence-corrected chi connectivity index (χ2v) is 45.3. The average molecular weight is 2190 g/mol. The number of fused-ring (bicyclic) bond motifs is 23. The molecule has 18 aromatic rings. The van der Waals surface area contributed by atoms with Crippen molar-refractivity contribution in [3.8, 4) is 50.6 Å². The number of rotatable bonds is 14. The van der Waals surface area contributed by atoms with E-state index in [0.717, 1.165) is 299 Å². The Bertz CT molecular complexity index is 8160. The van der Waals surface area contributed by atoms with Gasteiger partial charge in [-0.2, -0.15) is 30.6 Å². The molecule has 0 atom stereocenters. The van der Waals surface area contributed by atoms with Crippen LogP contribution in [0.1, 0.15) is 197 Å². The van der Waals surface area contributed by atoms with Crippen LogP contribution in [0, 0.1) is 20.8 Å². The van der Waals surface area contributed by atoms with Crippen LogP contribution in [0.2, 0.25) is 15.1 Å². The van der Waals surface area contributed by atoms with Crippen LogP contribution >= 0.6 is 105 Å². The van der Waals surface area contributed by atoms with Crippen LogP contribution in [0.25, 0.3) is 98.4 Å². The summed E-state index contributed by atoms with van der Waals surface area (Å²) >= 11 is 32.0. The van der Waals surface area contributed by atoms with E-state index >= 15 is 0 Å². The molecule has 25 nitrogen and oxygen atoms in total. The van der Waals surface area contributed by atoms with Gasteiger partial charge in [-0.25, -0.2) is 14.4 Å². The number of aromatic hydroxyl groups is 1. The number of methoxy groups -OCH3 is 2. The lowest BCUT2D eigenvalue weighted by atomic mass is 9.94. The monoisotopic (exact) mass is 2190 g/mol. The van der Waals surface area contributed by atoms with Gasteiger partial charge in [0.05, 0.1) is 61.6 Å². The first-order valence-electron chi connectivity index (χ1n) is 50.0. The number of aryl methyl sites for hydroxylation is 12. The number of benzene rings is 9. The molecule has 0 radical (unpaired) electrons. The minimum Gasteiger partial charge on any atom is -0.507 e. The molecule has 34 heteroatoms. The van der Waals surface area contributed by atoms with Crippen molar-refractivity contribution in [1.82, 2.24) is 72.4 Å². The lowest BCUT2D eigenvalue weighted by Gasteiger charge is -2.16. The van der Waals surface area contributed by atoms with Gasteiger partial charge < -0.3 is 48.0 Å². The van der Waals surface area contributed by atoms with Gasteiger partial charge in [-0.05, 0) is 222 Å². The highest BCUT2D eigenvalue weighted by Gasteiger charge is 2.36. The Labute approximate surface area is 914 Å². The van der Waals surface area contributed by atoms with Crippen LogP contribution < -0.4 is 9.47 Å². The molecule has 0 amide bonds. The maximum atomic E-state index is 13.4. The summed E-state index contributed by atoms with van der Waals surface area (Å²) in [5.41, 5.74) is 25.6. The molecule has 150 heavy (non-hydrogen) atoms. The Hall–Kier alpha value is -11.6. The molecule has 9 aromatic heterocycles. The molecule has 0 fully saturated rings. The zero-order chi connectivity index (χ0) is 102. The summed E-state index contributed by atoms with van der Waals surface area (Å²) in [5.74, 6) is 6.96. The number of aromatic nitrogens is 15. The molecule has 5 aliphatic heterocycles. The third-order valence-corrected chi connectivity index (χ3v) is 35.6. The number of esters is 2. The summed E-state index contributed by atoms with van der Waals surface area (Å²) in [6.07, 6.45) is 11.2. The molecule has 9 aromatic carbocycles. The minimum absolute atomic E-state index is 0. The van der Waals surface area contributed by atoms with Crippen LogP contribution in [-0.2, 0) is 141 Å². The number of carboxylic acids is 1. The highest BCUT2D eigenvalue weighted by Crippen LogP contribution is 2.51. The number of aliphatic hydroxyl groups is 1. The number of hydrogen-bond acceptors (Lipinski definition) is 21. The van der Waals surface area contributed by atoms with Crippen molar-refractivity contribution < 1.29 is 48.7 Å². The number of thioether (sulfide) groups is 6. The highest BCUT2D eigenvalue weighted by atomic mass is 35.5. The maximum Gasteiger partial charge on any atom is 0.354 e. The summed E-state index contributed by atoms with van der Waals surface area (Å²) in [6.45, 7) is 11.0. The Morgan fingerprint density at radius 1 is 0.453 bits per heavy atom. The van der Waals surface area contributed by atoms with Crippen LogP contribution in [-0.4, -0.2) is 140 Å². The van der Waals surface area contributed by atoms with E-state index in [4.69, 9.17) is 84.3 Å². The Morgan fingerprint density at radius 2 is 0.913 bits per heavy atom. The van der Waals surface area contributed by atoms with Gasteiger partial charge >= 0.3 is 17.9 Å². The Balaban J connectivity index is 0.000000145. The maximum absolute atomic E-state index is 13.4. The fourth-order valence-corrected chi connectivity index (χ4v) is 28.2. The van der Waals surface area contributed by atoms with Gasteiger partial charge in [-0.15, -0.1) is 70.6 Å². The van der Waals surface area contributed by atoms with Crippen LogP contribution in [0.3, 0.4) is 0 Å². The summed E-state index contributed by atoms with van der Waals surface area (Å²) in [5, 5.41) is 71.7. The largest absolute Gasteiger partial charge is 0.507 e. The Morgan fingerprint density at radius 3 is 1.43 bits per heavy atom. The third-order valence-electron chi connectivity index (χ3n) is 28.7. The predicted molar refractivity (Wildman–Crippen MR) is 616 cm³/mol. The predicted octanol–water partition coefficient (Wildman–Crippen LogP) is 28.1.